The van der Waals surface area contributed by atoms with Gasteiger partial charge in [0.1, 0.15) is 0 Å². The van der Waals surface area contributed by atoms with E-state index in [1.807, 2.05) is 0 Å². The molecule has 0 heterocycles. The second-order valence-corrected chi connectivity index (χ2v) is 6.21. The number of hydrogen-bond donors (Lipinski definition) is 0. The number of carbonyl (C=O) groups excluding carboxylic acids is 1. The Morgan fingerprint density at radius 3 is 2.06 bits per heavy atom. The second-order valence-electron chi connectivity index (χ2n) is 6.21. The SMILES string of the molecule is COC(=O)C1(c2cc(C)c(C)cc2C)CC1(C)C. The lowest BCUT2D eigenvalue weighted by atomic mass is 9.83. The maximum atomic E-state index is 12.2. The first-order chi connectivity index (χ1) is 8.26. The van der Waals surface area contributed by atoms with E-state index in [2.05, 4.69) is 46.8 Å². The van der Waals surface area contributed by atoms with Crippen LogP contribution in [0.5, 0.6) is 0 Å². The second kappa shape index (κ2) is 3.84. The average molecular weight is 246 g/mol. The van der Waals surface area contributed by atoms with Gasteiger partial charge in [-0.25, -0.2) is 0 Å². The van der Waals surface area contributed by atoms with E-state index in [1.165, 1.54) is 23.8 Å². The fourth-order valence-electron chi connectivity index (χ4n) is 3.13. The number of carbonyl (C=O) groups is 1. The first-order valence-corrected chi connectivity index (χ1v) is 6.43. The van der Waals surface area contributed by atoms with Crippen LogP contribution in [-0.4, -0.2) is 13.1 Å². The molecule has 0 amide bonds. The number of methoxy groups -OCH3 is 1. The van der Waals surface area contributed by atoms with Crippen LogP contribution in [0.1, 0.15) is 42.5 Å². The smallest absolute Gasteiger partial charge is 0.316 e. The maximum absolute atomic E-state index is 12.2. The lowest BCUT2D eigenvalue weighted by molar-refractivity contribution is -0.144. The molecule has 0 bridgehead atoms. The molecule has 0 saturated heterocycles. The van der Waals surface area contributed by atoms with Crippen molar-refractivity contribution < 1.29 is 9.53 Å². The van der Waals surface area contributed by atoms with Gasteiger partial charge >= 0.3 is 5.97 Å². The molecule has 1 aromatic rings. The minimum atomic E-state index is -0.440. The number of benzene rings is 1. The van der Waals surface area contributed by atoms with Crippen LogP contribution in [0, 0.1) is 26.2 Å². The van der Waals surface area contributed by atoms with Gasteiger partial charge in [-0.05, 0) is 54.9 Å². The highest BCUT2D eigenvalue weighted by atomic mass is 16.5. The zero-order valence-electron chi connectivity index (χ0n) is 12.2. The fraction of sp³-hybridized carbons (Fsp3) is 0.562. The summed E-state index contributed by atoms with van der Waals surface area (Å²) in [7, 11) is 1.48. The first-order valence-electron chi connectivity index (χ1n) is 6.43. The zero-order valence-corrected chi connectivity index (χ0v) is 12.2. The van der Waals surface area contributed by atoms with Crippen molar-refractivity contribution >= 4 is 5.97 Å². The summed E-state index contributed by atoms with van der Waals surface area (Å²) < 4.78 is 5.05. The van der Waals surface area contributed by atoms with Crippen LogP contribution in [0.25, 0.3) is 0 Å². The van der Waals surface area contributed by atoms with E-state index in [-0.39, 0.29) is 11.4 Å². The molecule has 0 aromatic heterocycles. The molecule has 1 unspecified atom stereocenters. The third-order valence-electron chi connectivity index (χ3n) is 4.57. The van der Waals surface area contributed by atoms with Crippen LogP contribution in [0.3, 0.4) is 0 Å². The van der Waals surface area contributed by atoms with E-state index in [0.29, 0.717) is 0 Å². The molecule has 1 atom stereocenters. The average Bonchev–Trinajstić information content (AvgIpc) is 2.87. The Hall–Kier alpha value is -1.31. The lowest BCUT2D eigenvalue weighted by Gasteiger charge is -2.22. The van der Waals surface area contributed by atoms with Crippen molar-refractivity contribution in [2.75, 3.05) is 7.11 Å². The van der Waals surface area contributed by atoms with Crippen LogP contribution in [-0.2, 0) is 14.9 Å². The summed E-state index contributed by atoms with van der Waals surface area (Å²) >= 11 is 0. The molecule has 98 valence electrons. The van der Waals surface area contributed by atoms with Gasteiger partial charge in [0.25, 0.3) is 0 Å². The van der Waals surface area contributed by atoms with Crippen LogP contribution >= 0.6 is 0 Å². The number of aryl methyl sites for hydroxylation is 3. The van der Waals surface area contributed by atoms with E-state index in [9.17, 15) is 4.79 Å². The number of esters is 1. The van der Waals surface area contributed by atoms with Gasteiger partial charge in [-0.15, -0.1) is 0 Å². The molecule has 1 aromatic carbocycles. The predicted octanol–water partition coefficient (Wildman–Crippen LogP) is 3.45. The van der Waals surface area contributed by atoms with E-state index < -0.39 is 5.41 Å². The van der Waals surface area contributed by atoms with Gasteiger partial charge in [-0.2, -0.15) is 0 Å². The minimum Gasteiger partial charge on any atom is -0.468 e. The number of rotatable bonds is 2. The Morgan fingerprint density at radius 2 is 1.61 bits per heavy atom. The molecule has 1 aliphatic carbocycles. The normalized spacial score (nSPS) is 24.8. The van der Waals surface area contributed by atoms with Gasteiger partial charge in [-0.3, -0.25) is 4.79 Å². The Balaban J connectivity index is 2.60. The third kappa shape index (κ3) is 1.58. The van der Waals surface area contributed by atoms with Crippen LogP contribution in [0.4, 0.5) is 0 Å². The third-order valence-corrected chi connectivity index (χ3v) is 4.57. The molecular formula is C16H22O2. The Labute approximate surface area is 109 Å². The van der Waals surface area contributed by atoms with Gasteiger partial charge in [0.05, 0.1) is 12.5 Å². The van der Waals surface area contributed by atoms with Crippen LogP contribution < -0.4 is 0 Å². The van der Waals surface area contributed by atoms with Gasteiger partial charge in [0.15, 0.2) is 0 Å². The van der Waals surface area contributed by atoms with Crippen molar-refractivity contribution in [1.29, 1.82) is 0 Å². The summed E-state index contributed by atoms with van der Waals surface area (Å²) in [6, 6.07) is 4.33. The van der Waals surface area contributed by atoms with Gasteiger partial charge in [0.2, 0.25) is 0 Å². The van der Waals surface area contributed by atoms with E-state index in [1.54, 1.807) is 0 Å². The molecule has 1 fully saturated rings. The van der Waals surface area contributed by atoms with Crippen molar-refractivity contribution in [2.24, 2.45) is 5.41 Å². The minimum absolute atomic E-state index is 0.00739. The molecule has 0 N–H and O–H groups in total. The van der Waals surface area contributed by atoms with Crippen molar-refractivity contribution in [3.05, 3.63) is 34.4 Å². The summed E-state index contributed by atoms with van der Waals surface area (Å²) in [5.74, 6) is -0.0983. The summed E-state index contributed by atoms with van der Waals surface area (Å²) in [6.45, 7) is 10.6. The van der Waals surface area contributed by atoms with Crippen LogP contribution in [0.15, 0.2) is 12.1 Å². The summed E-state index contributed by atoms with van der Waals surface area (Å²) in [5, 5.41) is 0. The van der Waals surface area contributed by atoms with Gasteiger partial charge in [-0.1, -0.05) is 26.0 Å². The van der Waals surface area contributed by atoms with E-state index in [4.69, 9.17) is 4.74 Å². The molecule has 18 heavy (non-hydrogen) atoms. The van der Waals surface area contributed by atoms with Gasteiger partial charge < -0.3 is 4.74 Å². The summed E-state index contributed by atoms with van der Waals surface area (Å²) in [4.78, 5) is 12.2. The molecule has 0 aliphatic heterocycles. The zero-order chi connectivity index (χ0) is 13.7. The molecule has 2 rings (SSSR count). The highest BCUT2D eigenvalue weighted by molar-refractivity contribution is 5.89. The van der Waals surface area contributed by atoms with E-state index >= 15 is 0 Å². The number of hydrogen-bond acceptors (Lipinski definition) is 2. The number of ether oxygens (including phenoxy) is 1. The molecular weight excluding hydrogens is 224 g/mol. The molecule has 2 heteroatoms. The Kier molecular flexibility index (Phi) is 2.80. The van der Waals surface area contributed by atoms with Crippen molar-refractivity contribution in [3.63, 3.8) is 0 Å². The lowest BCUT2D eigenvalue weighted by Crippen LogP contribution is -2.28. The molecule has 1 saturated carbocycles. The fourth-order valence-corrected chi connectivity index (χ4v) is 3.13. The summed E-state index contributed by atoms with van der Waals surface area (Å²) in [6.07, 6.45) is 0.871. The Bertz CT molecular complexity index is 514. The van der Waals surface area contributed by atoms with Crippen LogP contribution in [0.2, 0.25) is 0 Å². The highest BCUT2D eigenvalue weighted by Crippen LogP contribution is 2.65. The van der Waals surface area contributed by atoms with Crippen molar-refractivity contribution in [1.82, 2.24) is 0 Å². The van der Waals surface area contributed by atoms with Gasteiger partial charge in [0, 0.05) is 0 Å². The Morgan fingerprint density at radius 1 is 1.11 bits per heavy atom. The topological polar surface area (TPSA) is 26.3 Å². The molecule has 2 nitrogen and oxygen atoms in total. The maximum Gasteiger partial charge on any atom is 0.316 e. The quantitative estimate of drug-likeness (QED) is 0.747. The molecule has 1 aliphatic rings. The highest BCUT2D eigenvalue weighted by Gasteiger charge is 2.68. The largest absolute Gasteiger partial charge is 0.468 e. The molecule has 0 radical (unpaired) electrons. The van der Waals surface area contributed by atoms with Crippen molar-refractivity contribution in [2.45, 2.75) is 46.5 Å². The first kappa shape index (κ1) is 13.1. The standard InChI is InChI=1S/C16H22O2/c1-10-7-12(3)13(8-11(10)2)16(14(17)18-6)9-15(16,4)5/h7-8H,9H2,1-6H3. The van der Waals surface area contributed by atoms with E-state index in [0.717, 1.165) is 12.0 Å². The predicted molar refractivity (Wildman–Crippen MR) is 72.7 cm³/mol. The van der Waals surface area contributed by atoms with Crippen molar-refractivity contribution in [3.8, 4) is 0 Å². The summed E-state index contributed by atoms with van der Waals surface area (Å²) in [5.41, 5.74) is 4.39. The monoisotopic (exact) mass is 246 g/mol. The molecule has 0 spiro atoms.